The number of sulfonamides is 1. The first-order valence-corrected chi connectivity index (χ1v) is 11.8. The average molecular weight is 457 g/mol. The first-order valence-electron chi connectivity index (χ1n) is 9.95. The van der Waals surface area contributed by atoms with Crippen LogP contribution in [0.25, 0.3) is 11.1 Å². The van der Waals surface area contributed by atoms with Crippen LogP contribution in [-0.4, -0.2) is 36.2 Å². The van der Waals surface area contributed by atoms with Crippen LogP contribution in [-0.2, 0) is 16.6 Å². The minimum atomic E-state index is -3.69. The van der Waals surface area contributed by atoms with Crippen molar-refractivity contribution >= 4 is 27.4 Å². The van der Waals surface area contributed by atoms with Crippen molar-refractivity contribution < 1.29 is 13.2 Å². The van der Waals surface area contributed by atoms with Gasteiger partial charge in [0, 0.05) is 30.9 Å². The monoisotopic (exact) mass is 456 g/mol. The topological polar surface area (TPSA) is 76.5 Å². The molecular formula is C23H21ClN2O4S. The number of rotatable bonds is 6. The summed E-state index contributed by atoms with van der Waals surface area (Å²) in [5.41, 5.74) is 1.67. The van der Waals surface area contributed by atoms with Crippen LogP contribution in [0.15, 0.2) is 76.6 Å². The molecular weight excluding hydrogens is 436 g/mol. The van der Waals surface area contributed by atoms with Crippen molar-refractivity contribution in [3.63, 3.8) is 0 Å². The molecule has 0 spiro atoms. The fraction of sp³-hybridized carbons (Fsp3) is 0.217. The van der Waals surface area contributed by atoms with Gasteiger partial charge in [-0.05, 0) is 42.2 Å². The lowest BCUT2D eigenvalue weighted by molar-refractivity contribution is 0.0970. The summed E-state index contributed by atoms with van der Waals surface area (Å²) in [5, 5.41) is 0.278. The number of ketones is 1. The third kappa shape index (κ3) is 4.49. The highest BCUT2D eigenvalue weighted by Crippen LogP contribution is 2.26. The molecule has 0 atom stereocenters. The summed E-state index contributed by atoms with van der Waals surface area (Å²) >= 11 is 6.36. The molecule has 31 heavy (non-hydrogen) atoms. The molecule has 0 saturated carbocycles. The van der Waals surface area contributed by atoms with E-state index in [1.165, 1.54) is 22.6 Å². The number of nitrogens with zero attached hydrogens (tertiary/aromatic N) is 2. The summed E-state index contributed by atoms with van der Waals surface area (Å²) < 4.78 is 28.1. The highest BCUT2D eigenvalue weighted by atomic mass is 35.5. The summed E-state index contributed by atoms with van der Waals surface area (Å²) in [6.45, 7) is 0.625. The SMILES string of the molecule is O=C(Cn1cc(S(=O)(=O)N2CCCC2)ccc1=O)c1ccc(-c2ccccc2)cc1Cl. The Labute approximate surface area is 185 Å². The van der Waals surface area contributed by atoms with Crippen LogP contribution < -0.4 is 5.56 Å². The van der Waals surface area contributed by atoms with E-state index in [1.54, 1.807) is 18.2 Å². The van der Waals surface area contributed by atoms with Gasteiger partial charge in [0.1, 0.15) is 0 Å². The van der Waals surface area contributed by atoms with Crippen LogP contribution in [0.1, 0.15) is 23.2 Å². The lowest BCUT2D eigenvalue weighted by atomic mass is 10.0. The van der Waals surface area contributed by atoms with Crippen molar-refractivity contribution in [1.29, 1.82) is 0 Å². The molecule has 8 heteroatoms. The van der Waals surface area contributed by atoms with Gasteiger partial charge in [-0.3, -0.25) is 9.59 Å². The molecule has 6 nitrogen and oxygen atoms in total. The highest BCUT2D eigenvalue weighted by Gasteiger charge is 2.27. The quantitative estimate of drug-likeness (QED) is 0.528. The molecule has 1 aliphatic rings. The van der Waals surface area contributed by atoms with Crippen molar-refractivity contribution in [2.75, 3.05) is 13.1 Å². The number of aromatic nitrogens is 1. The third-order valence-electron chi connectivity index (χ3n) is 5.35. The Morgan fingerprint density at radius 1 is 0.935 bits per heavy atom. The Morgan fingerprint density at radius 3 is 2.32 bits per heavy atom. The minimum Gasteiger partial charge on any atom is -0.306 e. The van der Waals surface area contributed by atoms with E-state index in [9.17, 15) is 18.0 Å². The molecule has 0 bridgehead atoms. The molecule has 0 aliphatic carbocycles. The molecule has 1 aliphatic heterocycles. The smallest absolute Gasteiger partial charge is 0.251 e. The molecule has 1 aromatic heterocycles. The maximum atomic E-state index is 12.8. The molecule has 1 saturated heterocycles. The van der Waals surface area contributed by atoms with Gasteiger partial charge in [0.05, 0.1) is 16.5 Å². The fourth-order valence-electron chi connectivity index (χ4n) is 3.65. The number of hydrogen-bond donors (Lipinski definition) is 0. The molecule has 2 heterocycles. The van der Waals surface area contributed by atoms with Crippen LogP contribution in [0, 0.1) is 0 Å². The van der Waals surface area contributed by atoms with Gasteiger partial charge in [-0.25, -0.2) is 8.42 Å². The summed E-state index contributed by atoms with van der Waals surface area (Å²) in [6.07, 6.45) is 2.86. The molecule has 160 valence electrons. The minimum absolute atomic E-state index is 0.00678. The Kier molecular flexibility index (Phi) is 6.09. The number of benzene rings is 2. The number of carbonyl (C=O) groups is 1. The molecule has 1 fully saturated rings. The van der Waals surface area contributed by atoms with E-state index >= 15 is 0 Å². The zero-order chi connectivity index (χ0) is 22.0. The lowest BCUT2D eigenvalue weighted by Crippen LogP contribution is -2.30. The van der Waals surface area contributed by atoms with Crippen LogP contribution in [0.5, 0.6) is 0 Å². The van der Waals surface area contributed by atoms with Crippen LogP contribution >= 0.6 is 11.6 Å². The molecule has 0 N–H and O–H groups in total. The summed E-state index contributed by atoms with van der Waals surface area (Å²) in [4.78, 5) is 25.1. The molecule has 0 unspecified atom stereocenters. The number of carbonyl (C=O) groups excluding carboxylic acids is 1. The molecule has 3 aromatic rings. The van der Waals surface area contributed by atoms with E-state index in [0.29, 0.717) is 13.1 Å². The van der Waals surface area contributed by atoms with Crippen molar-refractivity contribution in [3.05, 3.63) is 87.8 Å². The second-order valence-corrected chi connectivity index (χ2v) is 9.77. The van der Waals surface area contributed by atoms with E-state index in [4.69, 9.17) is 11.6 Å². The van der Waals surface area contributed by atoms with Crippen molar-refractivity contribution in [3.8, 4) is 11.1 Å². The largest absolute Gasteiger partial charge is 0.306 e. The first kappa shape index (κ1) is 21.5. The van der Waals surface area contributed by atoms with Crippen molar-refractivity contribution in [2.45, 2.75) is 24.3 Å². The van der Waals surface area contributed by atoms with Gasteiger partial charge >= 0.3 is 0 Å². The fourth-order valence-corrected chi connectivity index (χ4v) is 5.48. The average Bonchev–Trinajstić information content (AvgIpc) is 3.31. The lowest BCUT2D eigenvalue weighted by Gasteiger charge is -2.16. The number of Topliss-reactive ketones (excluding diaryl/α,β-unsaturated/α-hetero) is 1. The second-order valence-electron chi connectivity index (χ2n) is 7.43. The Morgan fingerprint density at radius 2 is 1.65 bits per heavy atom. The van der Waals surface area contributed by atoms with Gasteiger partial charge in [-0.2, -0.15) is 4.31 Å². The van der Waals surface area contributed by atoms with Crippen LogP contribution in [0.4, 0.5) is 0 Å². The molecule has 0 amide bonds. The number of hydrogen-bond acceptors (Lipinski definition) is 4. The Balaban J connectivity index is 1.59. The number of pyridine rings is 1. The van der Waals surface area contributed by atoms with Crippen molar-refractivity contribution in [2.24, 2.45) is 0 Å². The highest BCUT2D eigenvalue weighted by molar-refractivity contribution is 7.89. The van der Waals surface area contributed by atoms with E-state index in [1.807, 2.05) is 30.3 Å². The summed E-state index contributed by atoms with van der Waals surface area (Å²) in [6, 6.07) is 17.2. The van der Waals surface area contributed by atoms with Gasteiger partial charge in [-0.15, -0.1) is 0 Å². The second kappa shape index (κ2) is 8.78. The van der Waals surface area contributed by atoms with Crippen molar-refractivity contribution in [1.82, 2.24) is 8.87 Å². The van der Waals surface area contributed by atoms with E-state index in [2.05, 4.69) is 0 Å². The zero-order valence-corrected chi connectivity index (χ0v) is 18.3. The molecule has 2 aromatic carbocycles. The Bertz CT molecular complexity index is 1280. The zero-order valence-electron chi connectivity index (χ0n) is 16.7. The standard InChI is InChI=1S/C23H21ClN2O4S/c24-21-14-18(17-6-2-1-3-7-17)8-10-20(21)22(27)16-25-15-19(9-11-23(25)28)31(29,30)26-12-4-5-13-26/h1-3,6-11,14-15H,4-5,12-13,16H2. The van der Waals surface area contributed by atoms with Gasteiger partial charge in [0.15, 0.2) is 5.78 Å². The van der Waals surface area contributed by atoms with E-state index in [-0.39, 0.29) is 27.8 Å². The van der Waals surface area contributed by atoms with Gasteiger partial charge in [0.2, 0.25) is 10.0 Å². The predicted molar refractivity (Wildman–Crippen MR) is 120 cm³/mol. The van der Waals surface area contributed by atoms with Crippen LogP contribution in [0.3, 0.4) is 0 Å². The first-order chi connectivity index (χ1) is 14.9. The van der Waals surface area contributed by atoms with Gasteiger partial charge in [0.25, 0.3) is 5.56 Å². The normalized spacial score (nSPS) is 14.6. The number of halogens is 1. The molecule has 0 radical (unpaired) electrons. The van der Waals surface area contributed by atoms with Crippen LogP contribution in [0.2, 0.25) is 5.02 Å². The Hall–Kier alpha value is -2.74. The summed E-state index contributed by atoms with van der Waals surface area (Å²) in [5.74, 6) is -0.373. The van der Waals surface area contributed by atoms with E-state index < -0.39 is 15.6 Å². The van der Waals surface area contributed by atoms with E-state index in [0.717, 1.165) is 28.5 Å². The third-order valence-corrected chi connectivity index (χ3v) is 7.54. The van der Waals surface area contributed by atoms with Gasteiger partial charge < -0.3 is 4.57 Å². The predicted octanol–water partition coefficient (Wildman–Crippen LogP) is 3.84. The summed E-state index contributed by atoms with van der Waals surface area (Å²) in [7, 11) is -3.69. The molecule has 4 rings (SSSR count). The van der Waals surface area contributed by atoms with Gasteiger partial charge in [-0.1, -0.05) is 48.0 Å². The maximum Gasteiger partial charge on any atom is 0.251 e. The maximum absolute atomic E-state index is 12.8.